The molecule has 3 nitrogen and oxygen atoms in total. The van der Waals surface area contributed by atoms with Gasteiger partial charge in [0.05, 0.1) is 5.56 Å². The molecule has 1 amide bonds. The molecule has 1 N–H and O–H groups in total. The summed E-state index contributed by atoms with van der Waals surface area (Å²) in [7, 11) is 0. The summed E-state index contributed by atoms with van der Waals surface area (Å²) in [5.41, 5.74) is -0.792. The smallest absolute Gasteiger partial charge is 0.412 e. The molecule has 1 heterocycles. The van der Waals surface area contributed by atoms with Crippen molar-refractivity contribution < 1.29 is 27.5 Å². The van der Waals surface area contributed by atoms with E-state index in [2.05, 4.69) is 0 Å². The van der Waals surface area contributed by atoms with Crippen LogP contribution in [0.3, 0.4) is 0 Å². The lowest BCUT2D eigenvalue weighted by Gasteiger charge is -2.27. The first kappa shape index (κ1) is 14.4. The second kappa shape index (κ2) is 5.15. The van der Waals surface area contributed by atoms with E-state index < -0.39 is 29.2 Å². The minimum Gasteiger partial charge on any atom is -0.507 e. The fraction of sp³-hybridized carbons (Fsp3) is 0.308. The number of carbonyl (C=O) groups excluding carboxylic acids is 1. The summed E-state index contributed by atoms with van der Waals surface area (Å²) in [4.78, 5) is 13.2. The summed E-state index contributed by atoms with van der Waals surface area (Å²) in [6.07, 6.45) is -3.73. The Bertz CT molecular complexity index is 566. The van der Waals surface area contributed by atoms with Gasteiger partial charge in [-0.2, -0.15) is 13.2 Å². The average Bonchev–Trinajstić information content (AvgIpc) is 2.37. The van der Waals surface area contributed by atoms with Gasteiger partial charge in [-0.3, -0.25) is 4.79 Å². The molecule has 0 saturated carbocycles. The molecule has 7 heteroatoms. The van der Waals surface area contributed by atoms with Crippen molar-refractivity contribution >= 4 is 5.91 Å². The van der Waals surface area contributed by atoms with Crippen LogP contribution in [-0.2, 0) is 0 Å². The largest absolute Gasteiger partial charge is 0.507 e. The van der Waals surface area contributed by atoms with Gasteiger partial charge in [-0.05, 0) is 18.6 Å². The number of benzene rings is 1. The molecule has 0 bridgehead atoms. The molecule has 0 aromatic heterocycles. The van der Waals surface area contributed by atoms with Crippen molar-refractivity contribution in [1.82, 2.24) is 4.90 Å². The Balaban J connectivity index is 2.14. The number of hydrogen-bond acceptors (Lipinski definition) is 2. The summed E-state index contributed by atoms with van der Waals surface area (Å²) >= 11 is 0. The number of nitrogens with zero attached hydrogens (tertiary/aromatic N) is 1. The summed E-state index contributed by atoms with van der Waals surface area (Å²) in [5, 5.41) is 9.49. The summed E-state index contributed by atoms with van der Waals surface area (Å²) < 4.78 is 50.2. The Labute approximate surface area is 112 Å². The molecule has 0 radical (unpaired) electrons. The van der Waals surface area contributed by atoms with E-state index in [1.165, 1.54) is 4.90 Å². The summed E-state index contributed by atoms with van der Waals surface area (Å²) in [5.74, 6) is -1.85. The van der Waals surface area contributed by atoms with Gasteiger partial charge in [0.1, 0.15) is 11.6 Å². The van der Waals surface area contributed by atoms with Crippen molar-refractivity contribution in [2.75, 3.05) is 13.1 Å². The lowest BCUT2D eigenvalue weighted by molar-refractivity contribution is -0.0957. The molecule has 1 aliphatic rings. The standard InChI is InChI=1S/C13H11F4NO2/c14-9-1-2-10(11(19)7-9)12(20)18-5-3-8(4-6-18)13(15,16)17/h1-3,7,19H,4-6H2. The fourth-order valence-corrected chi connectivity index (χ4v) is 1.97. The predicted molar refractivity (Wildman–Crippen MR) is 62.7 cm³/mol. The first-order chi connectivity index (χ1) is 9.29. The third kappa shape index (κ3) is 2.92. The fourth-order valence-electron chi connectivity index (χ4n) is 1.97. The number of phenols is 1. The highest BCUT2D eigenvalue weighted by molar-refractivity contribution is 5.97. The zero-order valence-electron chi connectivity index (χ0n) is 10.2. The van der Waals surface area contributed by atoms with Gasteiger partial charge in [-0.1, -0.05) is 6.08 Å². The predicted octanol–water partition coefficient (Wildman–Crippen LogP) is 2.87. The van der Waals surface area contributed by atoms with Crippen LogP contribution in [0.25, 0.3) is 0 Å². The molecule has 1 aromatic rings. The monoisotopic (exact) mass is 289 g/mol. The Kier molecular flexibility index (Phi) is 3.69. The molecule has 1 aromatic carbocycles. The van der Waals surface area contributed by atoms with Crippen molar-refractivity contribution in [2.24, 2.45) is 0 Å². The van der Waals surface area contributed by atoms with Gasteiger partial charge in [-0.25, -0.2) is 4.39 Å². The molecule has 1 aliphatic heterocycles. The Morgan fingerprint density at radius 2 is 2.00 bits per heavy atom. The van der Waals surface area contributed by atoms with Crippen LogP contribution >= 0.6 is 0 Å². The van der Waals surface area contributed by atoms with Crippen LogP contribution in [0, 0.1) is 5.82 Å². The number of alkyl halides is 3. The zero-order chi connectivity index (χ0) is 14.9. The molecule has 0 unspecified atom stereocenters. The molecule has 0 aliphatic carbocycles. The second-order valence-corrected chi connectivity index (χ2v) is 4.39. The number of carbonyl (C=O) groups is 1. The van der Waals surface area contributed by atoms with Crippen LogP contribution in [0.5, 0.6) is 5.75 Å². The summed E-state index contributed by atoms with van der Waals surface area (Å²) in [6.45, 7) is -0.286. The lowest BCUT2D eigenvalue weighted by atomic mass is 10.1. The van der Waals surface area contributed by atoms with Crippen molar-refractivity contribution in [3.63, 3.8) is 0 Å². The lowest BCUT2D eigenvalue weighted by Crippen LogP contribution is -2.36. The van der Waals surface area contributed by atoms with Gasteiger partial charge in [0.2, 0.25) is 0 Å². The van der Waals surface area contributed by atoms with Crippen LogP contribution in [0.4, 0.5) is 17.6 Å². The molecule has 20 heavy (non-hydrogen) atoms. The van der Waals surface area contributed by atoms with E-state index in [4.69, 9.17) is 0 Å². The number of amides is 1. The van der Waals surface area contributed by atoms with Gasteiger partial charge in [0.15, 0.2) is 0 Å². The van der Waals surface area contributed by atoms with E-state index >= 15 is 0 Å². The maximum atomic E-state index is 12.8. The van der Waals surface area contributed by atoms with E-state index in [1.807, 2.05) is 0 Å². The highest BCUT2D eigenvalue weighted by atomic mass is 19.4. The van der Waals surface area contributed by atoms with E-state index in [1.54, 1.807) is 0 Å². The van der Waals surface area contributed by atoms with Crippen molar-refractivity contribution in [2.45, 2.75) is 12.6 Å². The van der Waals surface area contributed by atoms with Gasteiger partial charge in [0, 0.05) is 24.7 Å². The average molecular weight is 289 g/mol. The maximum absolute atomic E-state index is 12.8. The molecular weight excluding hydrogens is 278 g/mol. The maximum Gasteiger partial charge on any atom is 0.412 e. The zero-order valence-corrected chi connectivity index (χ0v) is 10.2. The van der Waals surface area contributed by atoms with Gasteiger partial charge < -0.3 is 10.0 Å². The van der Waals surface area contributed by atoms with E-state index in [-0.39, 0.29) is 25.1 Å². The van der Waals surface area contributed by atoms with Crippen LogP contribution in [0.2, 0.25) is 0 Å². The SMILES string of the molecule is O=C(c1ccc(F)cc1O)N1CC=C(C(F)(F)F)CC1. The number of rotatable bonds is 1. The quantitative estimate of drug-likeness (QED) is 0.638. The Morgan fingerprint density at radius 3 is 2.50 bits per heavy atom. The normalized spacial score (nSPS) is 16.0. The number of aromatic hydroxyl groups is 1. The second-order valence-electron chi connectivity index (χ2n) is 4.39. The van der Waals surface area contributed by atoms with Crippen LogP contribution < -0.4 is 0 Å². The molecule has 0 spiro atoms. The van der Waals surface area contributed by atoms with Crippen LogP contribution in [0.1, 0.15) is 16.8 Å². The number of hydrogen-bond donors (Lipinski definition) is 1. The molecule has 0 fully saturated rings. The van der Waals surface area contributed by atoms with E-state index in [0.29, 0.717) is 0 Å². The van der Waals surface area contributed by atoms with Gasteiger partial charge in [-0.15, -0.1) is 0 Å². The van der Waals surface area contributed by atoms with E-state index in [9.17, 15) is 27.5 Å². The van der Waals surface area contributed by atoms with E-state index in [0.717, 1.165) is 24.3 Å². The van der Waals surface area contributed by atoms with Crippen LogP contribution in [-0.4, -0.2) is 35.2 Å². The van der Waals surface area contributed by atoms with Crippen molar-refractivity contribution in [3.05, 3.63) is 41.2 Å². The molecular formula is C13H11F4NO2. The Morgan fingerprint density at radius 1 is 1.30 bits per heavy atom. The topological polar surface area (TPSA) is 40.5 Å². The van der Waals surface area contributed by atoms with Crippen molar-refractivity contribution in [3.8, 4) is 5.75 Å². The van der Waals surface area contributed by atoms with Gasteiger partial charge >= 0.3 is 6.18 Å². The molecule has 108 valence electrons. The Hall–Kier alpha value is -2.05. The molecule has 2 rings (SSSR count). The first-order valence-electron chi connectivity index (χ1n) is 5.83. The van der Waals surface area contributed by atoms with Crippen LogP contribution in [0.15, 0.2) is 29.8 Å². The molecule has 0 saturated heterocycles. The van der Waals surface area contributed by atoms with Crippen molar-refractivity contribution in [1.29, 1.82) is 0 Å². The number of phenolic OH excluding ortho intramolecular Hbond substituents is 1. The highest BCUT2D eigenvalue weighted by Crippen LogP contribution is 2.31. The van der Waals surface area contributed by atoms with Gasteiger partial charge in [0.25, 0.3) is 5.91 Å². The third-order valence-electron chi connectivity index (χ3n) is 3.05. The third-order valence-corrected chi connectivity index (χ3v) is 3.05. The summed E-state index contributed by atoms with van der Waals surface area (Å²) in [6, 6.07) is 2.90. The first-order valence-corrected chi connectivity index (χ1v) is 5.83. The highest BCUT2D eigenvalue weighted by Gasteiger charge is 2.35. The minimum absolute atomic E-state index is 0.0962. The minimum atomic E-state index is -4.38. The molecule has 0 atom stereocenters. The number of halogens is 4.